The highest BCUT2D eigenvalue weighted by atomic mass is 16.6. The molecule has 0 bridgehead atoms. The third kappa shape index (κ3) is 12.7. The lowest BCUT2D eigenvalue weighted by Gasteiger charge is -2.26. The van der Waals surface area contributed by atoms with Crippen LogP contribution in [-0.4, -0.2) is 101 Å². The molecule has 0 aromatic heterocycles. The number of hydrogen-bond donors (Lipinski definition) is 2. The van der Waals surface area contributed by atoms with Crippen molar-refractivity contribution in [3.8, 4) is 23.0 Å². The SMILES string of the molecule is CC(C)(c1ccc(OCC(O)COCCCCOCC(O)COc2ccc(C(C)(C)c3ccc(OCC4CO4)cc3)cc2)cc1)c1ccc(OCC2CO2)cc1. The quantitative estimate of drug-likeness (QED) is 0.0545. The maximum atomic E-state index is 10.4. The van der Waals surface area contributed by atoms with E-state index in [4.69, 9.17) is 37.9 Å². The molecule has 2 aliphatic rings. The first-order valence-corrected chi connectivity index (χ1v) is 19.7. The number of aliphatic hydroxyl groups is 2. The molecule has 4 aromatic rings. The highest BCUT2D eigenvalue weighted by molar-refractivity contribution is 5.43. The van der Waals surface area contributed by atoms with Gasteiger partial charge in [0.25, 0.3) is 0 Å². The number of benzene rings is 4. The average molecular weight is 771 g/mol. The topological polar surface area (TPSA) is 121 Å². The summed E-state index contributed by atoms with van der Waals surface area (Å²) in [5.74, 6) is 3.08. The zero-order valence-electron chi connectivity index (χ0n) is 33.2. The number of hydrogen-bond acceptors (Lipinski definition) is 10. The van der Waals surface area contributed by atoms with Crippen molar-refractivity contribution in [2.75, 3.05) is 66.1 Å². The van der Waals surface area contributed by atoms with E-state index in [9.17, 15) is 10.2 Å². The van der Waals surface area contributed by atoms with E-state index in [1.165, 1.54) is 11.1 Å². The Hall–Kier alpha value is -4.16. The fourth-order valence-corrected chi connectivity index (χ4v) is 6.24. The van der Waals surface area contributed by atoms with Crippen LogP contribution in [0.3, 0.4) is 0 Å². The van der Waals surface area contributed by atoms with Gasteiger partial charge in [0.2, 0.25) is 0 Å². The minimum absolute atomic E-state index is 0.142. The van der Waals surface area contributed by atoms with Crippen LogP contribution < -0.4 is 18.9 Å². The highest BCUT2D eigenvalue weighted by Gasteiger charge is 2.26. The Balaban J connectivity index is 0.785. The summed E-state index contributed by atoms with van der Waals surface area (Å²) in [4.78, 5) is 0. The molecule has 2 heterocycles. The van der Waals surface area contributed by atoms with Crippen molar-refractivity contribution >= 4 is 0 Å². The number of ether oxygens (including phenoxy) is 8. The standard InChI is InChI=1S/C46H58O10/c1-45(2,35-11-19-41(20-12-35)53-29-43-31-55-43)33-7-15-39(16-8-33)51-27-37(47)25-49-23-5-6-24-50-26-38(48)28-52-40-17-9-34(10-18-40)46(3,4)36-13-21-42(22-14-36)54-30-44-32-56-44/h7-22,37-38,43-44,47-48H,5-6,23-32H2,1-4H3. The van der Waals surface area contributed by atoms with Gasteiger partial charge in [-0.05, 0) is 83.6 Å². The van der Waals surface area contributed by atoms with Gasteiger partial charge >= 0.3 is 0 Å². The zero-order chi connectivity index (χ0) is 39.4. The number of unbranched alkanes of at least 4 members (excludes halogenated alkanes) is 1. The van der Waals surface area contributed by atoms with E-state index < -0.39 is 12.2 Å². The third-order valence-corrected chi connectivity index (χ3v) is 10.3. The lowest BCUT2D eigenvalue weighted by Crippen LogP contribution is -2.24. The largest absolute Gasteiger partial charge is 0.491 e. The van der Waals surface area contributed by atoms with Crippen LogP contribution in [0.4, 0.5) is 0 Å². The molecular weight excluding hydrogens is 712 g/mol. The second-order valence-electron chi connectivity index (χ2n) is 15.7. The normalized spacial score (nSPS) is 17.5. The summed E-state index contributed by atoms with van der Waals surface area (Å²) in [5, 5.41) is 20.7. The molecule has 2 aliphatic heterocycles. The van der Waals surface area contributed by atoms with E-state index in [2.05, 4.69) is 76.2 Å². The monoisotopic (exact) mass is 770 g/mol. The maximum absolute atomic E-state index is 10.4. The lowest BCUT2D eigenvalue weighted by molar-refractivity contribution is 0.000263. The van der Waals surface area contributed by atoms with Gasteiger partial charge in [0.1, 0.15) is 73.8 Å². The van der Waals surface area contributed by atoms with Gasteiger partial charge in [-0.2, -0.15) is 0 Å². The molecule has 0 aliphatic carbocycles. The molecule has 10 nitrogen and oxygen atoms in total. The molecule has 0 radical (unpaired) electrons. The molecule has 4 atom stereocenters. The van der Waals surface area contributed by atoms with Gasteiger partial charge in [-0.1, -0.05) is 76.2 Å². The second kappa shape index (κ2) is 19.8. The van der Waals surface area contributed by atoms with Gasteiger partial charge in [0, 0.05) is 24.0 Å². The Labute approximate surface area is 331 Å². The molecule has 2 N–H and O–H groups in total. The molecule has 2 saturated heterocycles. The summed E-state index contributed by atoms with van der Waals surface area (Å²) in [7, 11) is 0. The van der Waals surface area contributed by atoms with Crippen molar-refractivity contribution in [2.24, 2.45) is 0 Å². The van der Waals surface area contributed by atoms with Crippen molar-refractivity contribution in [1.82, 2.24) is 0 Å². The van der Waals surface area contributed by atoms with E-state index in [-0.39, 0.29) is 49.5 Å². The van der Waals surface area contributed by atoms with E-state index in [1.54, 1.807) is 0 Å². The fraction of sp³-hybridized carbons (Fsp3) is 0.478. The average Bonchev–Trinajstić information content (AvgIpc) is 4.16. The fourth-order valence-electron chi connectivity index (χ4n) is 6.24. The summed E-state index contributed by atoms with van der Waals surface area (Å²) in [6, 6.07) is 32.4. The first-order chi connectivity index (χ1) is 27.1. The Morgan fingerprint density at radius 1 is 0.482 bits per heavy atom. The number of epoxide rings is 2. The molecule has 4 aromatic carbocycles. The molecule has 2 fully saturated rings. The molecule has 56 heavy (non-hydrogen) atoms. The second-order valence-corrected chi connectivity index (χ2v) is 15.7. The first-order valence-electron chi connectivity index (χ1n) is 19.7. The smallest absolute Gasteiger partial charge is 0.119 e. The Morgan fingerprint density at radius 3 is 1.05 bits per heavy atom. The predicted molar refractivity (Wildman–Crippen MR) is 214 cm³/mol. The van der Waals surface area contributed by atoms with Crippen LogP contribution in [0.1, 0.15) is 62.8 Å². The molecule has 0 amide bonds. The predicted octanol–water partition coefficient (Wildman–Crippen LogP) is 6.89. The number of rotatable bonds is 25. The van der Waals surface area contributed by atoms with Crippen LogP contribution >= 0.6 is 0 Å². The van der Waals surface area contributed by atoms with Crippen molar-refractivity contribution in [2.45, 2.75) is 75.8 Å². The van der Waals surface area contributed by atoms with Crippen molar-refractivity contribution in [1.29, 1.82) is 0 Å². The van der Waals surface area contributed by atoms with Gasteiger partial charge in [0.05, 0.1) is 26.4 Å². The van der Waals surface area contributed by atoms with Crippen LogP contribution in [0.15, 0.2) is 97.1 Å². The van der Waals surface area contributed by atoms with Gasteiger partial charge in [-0.25, -0.2) is 0 Å². The number of aliphatic hydroxyl groups excluding tert-OH is 2. The lowest BCUT2D eigenvalue weighted by atomic mass is 9.78. The Morgan fingerprint density at radius 2 is 0.768 bits per heavy atom. The van der Waals surface area contributed by atoms with Crippen molar-refractivity contribution in [3.63, 3.8) is 0 Å². The van der Waals surface area contributed by atoms with Gasteiger partial charge < -0.3 is 48.1 Å². The van der Waals surface area contributed by atoms with Crippen LogP contribution in [0, 0.1) is 0 Å². The molecule has 4 unspecified atom stereocenters. The van der Waals surface area contributed by atoms with E-state index in [0.717, 1.165) is 48.7 Å². The Kier molecular flexibility index (Phi) is 14.7. The molecule has 6 rings (SSSR count). The molecule has 0 spiro atoms. The minimum Gasteiger partial charge on any atom is -0.491 e. The van der Waals surface area contributed by atoms with Crippen LogP contribution in [-0.2, 0) is 29.8 Å². The zero-order valence-corrected chi connectivity index (χ0v) is 33.2. The van der Waals surface area contributed by atoms with Crippen LogP contribution in [0.25, 0.3) is 0 Å². The maximum Gasteiger partial charge on any atom is 0.119 e. The molecule has 0 saturated carbocycles. The molecule has 10 heteroatoms. The van der Waals surface area contributed by atoms with Gasteiger partial charge in [0.15, 0.2) is 0 Å². The van der Waals surface area contributed by atoms with E-state index >= 15 is 0 Å². The van der Waals surface area contributed by atoms with E-state index in [1.807, 2.05) is 48.5 Å². The van der Waals surface area contributed by atoms with E-state index in [0.29, 0.717) is 37.9 Å². The minimum atomic E-state index is -0.738. The van der Waals surface area contributed by atoms with Crippen LogP contribution in [0.5, 0.6) is 23.0 Å². The van der Waals surface area contributed by atoms with Crippen LogP contribution in [0.2, 0.25) is 0 Å². The molecular formula is C46H58O10. The first kappa shape index (κ1) is 41.5. The Bertz CT molecular complexity index is 1600. The molecule has 302 valence electrons. The summed E-state index contributed by atoms with van der Waals surface area (Å²) in [6.45, 7) is 13.2. The van der Waals surface area contributed by atoms with Crippen molar-refractivity contribution in [3.05, 3.63) is 119 Å². The summed E-state index contributed by atoms with van der Waals surface area (Å²) in [5.41, 5.74) is 4.29. The third-order valence-electron chi connectivity index (χ3n) is 10.3. The van der Waals surface area contributed by atoms with Crippen molar-refractivity contribution < 1.29 is 48.1 Å². The van der Waals surface area contributed by atoms with Gasteiger partial charge in [-0.3, -0.25) is 0 Å². The summed E-state index contributed by atoms with van der Waals surface area (Å²) >= 11 is 0. The summed E-state index contributed by atoms with van der Waals surface area (Å²) in [6.07, 6.45) is 0.546. The highest BCUT2D eigenvalue weighted by Crippen LogP contribution is 2.35. The van der Waals surface area contributed by atoms with Gasteiger partial charge in [-0.15, -0.1) is 0 Å². The summed E-state index contributed by atoms with van der Waals surface area (Å²) < 4.78 is 44.9.